The number of ether oxygens (including phenoxy) is 1. The first-order chi connectivity index (χ1) is 9.73. The molecule has 2 aromatic heterocycles. The minimum absolute atomic E-state index is 0.397. The molecule has 1 aliphatic rings. The van der Waals surface area contributed by atoms with E-state index in [1.165, 1.54) is 6.42 Å². The molecule has 0 unspecified atom stereocenters. The maximum Gasteiger partial charge on any atom is 0.276 e. The number of hydrogen-bond donors (Lipinski definition) is 2. The van der Waals surface area contributed by atoms with Gasteiger partial charge < -0.3 is 15.0 Å². The molecular formula is C13H19N5O2. The van der Waals surface area contributed by atoms with Crippen molar-refractivity contribution in [1.29, 1.82) is 0 Å². The van der Waals surface area contributed by atoms with E-state index in [2.05, 4.69) is 20.3 Å². The lowest BCUT2D eigenvalue weighted by atomic mass is 9.84. The minimum atomic E-state index is -0.402. The van der Waals surface area contributed by atoms with E-state index in [0.29, 0.717) is 29.8 Å². The highest BCUT2D eigenvalue weighted by Gasteiger charge is 2.39. The van der Waals surface area contributed by atoms with E-state index in [1.54, 1.807) is 6.07 Å². The maximum absolute atomic E-state index is 5.98. The van der Waals surface area contributed by atoms with Crippen molar-refractivity contribution in [1.82, 2.24) is 20.3 Å². The van der Waals surface area contributed by atoms with E-state index >= 15 is 0 Å². The van der Waals surface area contributed by atoms with Gasteiger partial charge in [-0.25, -0.2) is 0 Å². The van der Waals surface area contributed by atoms with Crippen LogP contribution in [0.25, 0.3) is 11.6 Å². The van der Waals surface area contributed by atoms with Gasteiger partial charge in [-0.2, -0.15) is 10.1 Å². The first-order valence-corrected chi connectivity index (χ1v) is 7.03. The van der Waals surface area contributed by atoms with Gasteiger partial charge in [-0.3, -0.25) is 5.10 Å². The van der Waals surface area contributed by atoms with Gasteiger partial charge in [0.25, 0.3) is 5.89 Å². The number of anilines is 1. The van der Waals surface area contributed by atoms with Crippen LogP contribution in [0.15, 0.2) is 10.6 Å². The molecule has 2 heterocycles. The van der Waals surface area contributed by atoms with Gasteiger partial charge in [0.2, 0.25) is 5.82 Å². The quantitative estimate of drug-likeness (QED) is 0.888. The Morgan fingerprint density at radius 3 is 2.85 bits per heavy atom. The summed E-state index contributed by atoms with van der Waals surface area (Å²) in [5, 5.41) is 10.7. The Labute approximate surface area is 116 Å². The first kappa shape index (κ1) is 13.1. The van der Waals surface area contributed by atoms with Crippen molar-refractivity contribution >= 4 is 5.82 Å². The maximum atomic E-state index is 5.98. The minimum Gasteiger partial charge on any atom is -0.382 e. The molecule has 1 aliphatic carbocycles. The molecule has 0 bridgehead atoms. The van der Waals surface area contributed by atoms with E-state index in [9.17, 15) is 0 Å². The lowest BCUT2D eigenvalue weighted by molar-refractivity contribution is -0.0777. The van der Waals surface area contributed by atoms with Gasteiger partial charge in [0.1, 0.15) is 17.1 Å². The largest absolute Gasteiger partial charge is 0.382 e. The van der Waals surface area contributed by atoms with Crippen LogP contribution in [0, 0.1) is 0 Å². The summed E-state index contributed by atoms with van der Waals surface area (Å²) in [5.41, 5.74) is 5.81. The highest BCUT2D eigenvalue weighted by atomic mass is 16.5. The smallest absolute Gasteiger partial charge is 0.276 e. The second-order valence-electron chi connectivity index (χ2n) is 5.12. The Morgan fingerprint density at radius 2 is 2.20 bits per heavy atom. The molecule has 0 spiro atoms. The third-order valence-electron chi connectivity index (χ3n) is 3.74. The standard InChI is InChI=1S/C13H19N5O2/c1-2-19-13(6-4-3-5-7-13)12-15-11(20-18-12)9-8-10(14)17-16-9/h8H,2-7H2,1H3,(H3,14,16,17). The van der Waals surface area contributed by atoms with Crippen molar-refractivity contribution in [2.45, 2.75) is 44.6 Å². The van der Waals surface area contributed by atoms with E-state index in [4.69, 9.17) is 15.0 Å². The van der Waals surface area contributed by atoms with Crippen molar-refractivity contribution in [3.05, 3.63) is 11.9 Å². The molecule has 7 heteroatoms. The van der Waals surface area contributed by atoms with Crippen LogP contribution in [0.1, 0.15) is 44.9 Å². The lowest BCUT2D eigenvalue weighted by Crippen LogP contribution is -2.33. The van der Waals surface area contributed by atoms with Gasteiger partial charge in [0, 0.05) is 12.7 Å². The molecule has 0 aliphatic heterocycles. The average molecular weight is 277 g/mol. The van der Waals surface area contributed by atoms with Crippen LogP contribution in [-0.4, -0.2) is 26.9 Å². The molecule has 0 aromatic carbocycles. The van der Waals surface area contributed by atoms with Crippen molar-refractivity contribution in [2.75, 3.05) is 12.3 Å². The highest BCUT2D eigenvalue weighted by molar-refractivity contribution is 5.51. The van der Waals surface area contributed by atoms with Crippen LogP contribution in [0.4, 0.5) is 5.82 Å². The Hall–Kier alpha value is -1.89. The Morgan fingerprint density at radius 1 is 1.40 bits per heavy atom. The summed E-state index contributed by atoms with van der Waals surface area (Å²) in [7, 11) is 0. The SMILES string of the molecule is CCOC1(c2noc(-c3cc(N)n[nH]3)n2)CCCCC1. The topological polar surface area (TPSA) is 103 Å². The number of nitrogens with two attached hydrogens (primary N) is 1. The van der Waals surface area contributed by atoms with Gasteiger partial charge in [-0.1, -0.05) is 24.4 Å². The van der Waals surface area contributed by atoms with Gasteiger partial charge in [0.05, 0.1) is 0 Å². The van der Waals surface area contributed by atoms with E-state index in [0.717, 1.165) is 25.7 Å². The predicted molar refractivity (Wildman–Crippen MR) is 72.7 cm³/mol. The summed E-state index contributed by atoms with van der Waals surface area (Å²) >= 11 is 0. The molecule has 20 heavy (non-hydrogen) atoms. The number of nitrogen functional groups attached to an aromatic ring is 1. The Bertz CT molecular complexity index is 565. The molecule has 108 valence electrons. The van der Waals surface area contributed by atoms with Crippen molar-refractivity contribution < 1.29 is 9.26 Å². The fourth-order valence-electron chi connectivity index (χ4n) is 2.80. The van der Waals surface area contributed by atoms with Gasteiger partial charge in [0.15, 0.2) is 0 Å². The van der Waals surface area contributed by atoms with Crippen LogP contribution in [0.3, 0.4) is 0 Å². The molecule has 0 amide bonds. The lowest BCUT2D eigenvalue weighted by Gasteiger charge is -2.33. The van der Waals surface area contributed by atoms with Gasteiger partial charge in [-0.15, -0.1) is 0 Å². The fourth-order valence-corrected chi connectivity index (χ4v) is 2.80. The third-order valence-corrected chi connectivity index (χ3v) is 3.74. The fraction of sp³-hybridized carbons (Fsp3) is 0.615. The zero-order valence-electron chi connectivity index (χ0n) is 11.6. The number of H-pyrrole nitrogens is 1. The van der Waals surface area contributed by atoms with E-state index < -0.39 is 5.60 Å². The van der Waals surface area contributed by atoms with Crippen molar-refractivity contribution in [3.8, 4) is 11.6 Å². The third kappa shape index (κ3) is 2.29. The molecule has 0 atom stereocenters. The van der Waals surface area contributed by atoms with Crippen molar-refractivity contribution in [2.24, 2.45) is 0 Å². The zero-order valence-corrected chi connectivity index (χ0v) is 11.6. The summed E-state index contributed by atoms with van der Waals surface area (Å²) in [6.45, 7) is 2.63. The summed E-state index contributed by atoms with van der Waals surface area (Å²) in [6, 6.07) is 1.67. The molecule has 0 radical (unpaired) electrons. The molecule has 0 saturated heterocycles. The normalized spacial score (nSPS) is 18.2. The molecule has 2 aromatic rings. The van der Waals surface area contributed by atoms with E-state index in [1.807, 2.05) is 6.92 Å². The van der Waals surface area contributed by atoms with Crippen LogP contribution >= 0.6 is 0 Å². The average Bonchev–Trinajstić information content (AvgIpc) is 3.09. The summed E-state index contributed by atoms with van der Waals surface area (Å²) in [5.74, 6) is 1.42. The van der Waals surface area contributed by atoms with E-state index in [-0.39, 0.29) is 0 Å². The molecule has 7 nitrogen and oxygen atoms in total. The van der Waals surface area contributed by atoms with Crippen LogP contribution in [0.2, 0.25) is 0 Å². The van der Waals surface area contributed by atoms with Gasteiger partial charge >= 0.3 is 0 Å². The van der Waals surface area contributed by atoms with Crippen LogP contribution in [0.5, 0.6) is 0 Å². The highest BCUT2D eigenvalue weighted by Crippen LogP contribution is 2.39. The molecule has 3 N–H and O–H groups in total. The Kier molecular flexibility index (Phi) is 3.43. The number of rotatable bonds is 4. The number of aromatic amines is 1. The summed E-state index contributed by atoms with van der Waals surface area (Å²) < 4.78 is 11.3. The monoisotopic (exact) mass is 277 g/mol. The number of nitrogens with one attached hydrogen (secondary N) is 1. The summed E-state index contributed by atoms with van der Waals surface area (Å²) in [6.07, 6.45) is 5.36. The van der Waals surface area contributed by atoms with Gasteiger partial charge in [-0.05, 0) is 19.8 Å². The van der Waals surface area contributed by atoms with Crippen LogP contribution < -0.4 is 5.73 Å². The molecular weight excluding hydrogens is 258 g/mol. The second-order valence-corrected chi connectivity index (χ2v) is 5.12. The van der Waals surface area contributed by atoms with Crippen molar-refractivity contribution in [3.63, 3.8) is 0 Å². The molecule has 1 fully saturated rings. The molecule has 1 saturated carbocycles. The summed E-state index contributed by atoms with van der Waals surface area (Å²) in [4.78, 5) is 4.48. The second kappa shape index (κ2) is 5.24. The zero-order chi connectivity index (χ0) is 14.0. The Balaban J connectivity index is 1.90. The number of nitrogens with zero attached hydrogens (tertiary/aromatic N) is 3. The number of aromatic nitrogens is 4. The molecule has 3 rings (SSSR count). The number of hydrogen-bond acceptors (Lipinski definition) is 6. The van der Waals surface area contributed by atoms with Crippen LogP contribution in [-0.2, 0) is 10.3 Å². The first-order valence-electron chi connectivity index (χ1n) is 7.03. The predicted octanol–water partition coefficient (Wildman–Crippen LogP) is 2.24.